The van der Waals surface area contributed by atoms with Gasteiger partial charge in [0, 0.05) is 6.20 Å². The monoisotopic (exact) mass is 300 g/mol. The van der Waals surface area contributed by atoms with Crippen LogP contribution >= 0.6 is 11.6 Å². The SMILES string of the molecule is Cc1ccnc(Cl)c1NS(=O)(=O)c1ccccc1F. The van der Waals surface area contributed by atoms with Gasteiger partial charge in [0.2, 0.25) is 0 Å². The number of benzene rings is 1. The standard InChI is InChI=1S/C12H10ClFN2O2S/c1-8-6-7-15-12(13)11(8)16-19(17,18)10-5-3-2-4-9(10)14/h2-7,16H,1H3. The molecule has 100 valence electrons. The van der Waals surface area contributed by atoms with Gasteiger partial charge >= 0.3 is 0 Å². The van der Waals surface area contributed by atoms with Crippen LogP contribution in [-0.4, -0.2) is 13.4 Å². The number of pyridine rings is 1. The van der Waals surface area contributed by atoms with Crippen LogP contribution in [0.4, 0.5) is 10.1 Å². The molecular formula is C12H10ClFN2O2S. The lowest BCUT2D eigenvalue weighted by atomic mass is 10.3. The fourth-order valence-corrected chi connectivity index (χ4v) is 3.03. The summed E-state index contributed by atoms with van der Waals surface area (Å²) in [5.41, 5.74) is 0.743. The minimum absolute atomic E-state index is 0.0138. The first-order chi connectivity index (χ1) is 8.92. The fourth-order valence-electron chi connectivity index (χ4n) is 1.50. The average Bonchev–Trinajstić information content (AvgIpc) is 2.34. The summed E-state index contributed by atoms with van der Waals surface area (Å²) in [4.78, 5) is 3.35. The van der Waals surface area contributed by atoms with Crippen molar-refractivity contribution in [2.24, 2.45) is 0 Å². The molecule has 1 heterocycles. The maximum atomic E-state index is 13.5. The Labute approximate surface area is 115 Å². The van der Waals surface area contributed by atoms with Crippen molar-refractivity contribution < 1.29 is 12.8 Å². The van der Waals surface area contributed by atoms with E-state index in [1.54, 1.807) is 13.0 Å². The van der Waals surface area contributed by atoms with Gasteiger partial charge in [-0.25, -0.2) is 17.8 Å². The minimum Gasteiger partial charge on any atom is -0.276 e. The number of hydrogen-bond acceptors (Lipinski definition) is 3. The Morgan fingerprint density at radius 2 is 1.95 bits per heavy atom. The van der Waals surface area contributed by atoms with Gasteiger partial charge in [-0.15, -0.1) is 0 Å². The summed E-state index contributed by atoms with van der Waals surface area (Å²) in [6.45, 7) is 1.67. The third-order valence-electron chi connectivity index (χ3n) is 2.48. The first-order valence-electron chi connectivity index (χ1n) is 5.30. The predicted octanol–water partition coefficient (Wildman–Crippen LogP) is 2.98. The van der Waals surface area contributed by atoms with Gasteiger partial charge in [-0.2, -0.15) is 0 Å². The molecule has 0 saturated heterocycles. The Kier molecular flexibility index (Phi) is 3.73. The molecule has 0 aliphatic carbocycles. The highest BCUT2D eigenvalue weighted by molar-refractivity contribution is 7.92. The van der Waals surface area contributed by atoms with E-state index in [1.807, 2.05) is 0 Å². The highest BCUT2D eigenvalue weighted by atomic mass is 35.5. The van der Waals surface area contributed by atoms with Crippen LogP contribution < -0.4 is 4.72 Å². The largest absolute Gasteiger partial charge is 0.276 e. The molecule has 0 aliphatic heterocycles. The second kappa shape index (κ2) is 5.14. The number of aromatic nitrogens is 1. The van der Waals surface area contributed by atoms with Gasteiger partial charge in [-0.3, -0.25) is 4.72 Å². The minimum atomic E-state index is -4.04. The third kappa shape index (κ3) is 2.85. The topological polar surface area (TPSA) is 59.1 Å². The molecule has 1 aromatic carbocycles. The smallest absolute Gasteiger partial charge is 0.264 e. The fraction of sp³-hybridized carbons (Fsp3) is 0.0833. The summed E-state index contributed by atoms with van der Waals surface area (Å²) in [5, 5.41) is 0.0138. The Morgan fingerprint density at radius 3 is 2.58 bits per heavy atom. The molecule has 7 heteroatoms. The lowest BCUT2D eigenvalue weighted by molar-refractivity contribution is 0.570. The first kappa shape index (κ1) is 13.8. The van der Waals surface area contributed by atoms with E-state index in [-0.39, 0.29) is 10.8 Å². The number of nitrogens with zero attached hydrogens (tertiary/aromatic N) is 1. The molecule has 0 unspecified atom stereocenters. The molecule has 0 bridgehead atoms. The molecular weight excluding hydrogens is 291 g/mol. The van der Waals surface area contributed by atoms with E-state index in [9.17, 15) is 12.8 Å². The molecule has 1 N–H and O–H groups in total. The second-order valence-electron chi connectivity index (χ2n) is 3.83. The van der Waals surface area contributed by atoms with Crippen LogP contribution in [0.25, 0.3) is 0 Å². The summed E-state index contributed by atoms with van der Waals surface area (Å²) in [7, 11) is -4.04. The van der Waals surface area contributed by atoms with E-state index in [4.69, 9.17) is 11.6 Å². The highest BCUT2D eigenvalue weighted by Gasteiger charge is 2.20. The van der Waals surface area contributed by atoms with E-state index in [1.165, 1.54) is 24.4 Å². The number of rotatable bonds is 3. The molecule has 1 aromatic heterocycles. The Hall–Kier alpha value is -1.66. The van der Waals surface area contributed by atoms with Gasteiger partial charge in [0.05, 0.1) is 5.69 Å². The summed E-state index contributed by atoms with van der Waals surface area (Å²) in [6.07, 6.45) is 1.46. The van der Waals surface area contributed by atoms with Crippen LogP contribution in [0.2, 0.25) is 5.15 Å². The molecule has 2 aromatic rings. The predicted molar refractivity (Wildman–Crippen MR) is 71.2 cm³/mol. The Balaban J connectivity index is 2.46. The maximum Gasteiger partial charge on any atom is 0.264 e. The molecule has 0 radical (unpaired) electrons. The van der Waals surface area contributed by atoms with E-state index >= 15 is 0 Å². The Morgan fingerprint density at radius 1 is 1.26 bits per heavy atom. The van der Waals surface area contributed by atoms with Gasteiger partial charge in [0.1, 0.15) is 10.7 Å². The number of nitrogens with one attached hydrogen (secondary N) is 1. The van der Waals surface area contributed by atoms with Gasteiger partial charge in [-0.1, -0.05) is 23.7 Å². The van der Waals surface area contributed by atoms with Crippen LogP contribution in [0.1, 0.15) is 5.56 Å². The molecule has 4 nitrogen and oxygen atoms in total. The number of anilines is 1. The zero-order valence-electron chi connectivity index (χ0n) is 9.89. The highest BCUT2D eigenvalue weighted by Crippen LogP contribution is 2.26. The second-order valence-corrected chi connectivity index (χ2v) is 5.84. The van der Waals surface area contributed by atoms with Crippen molar-refractivity contribution >= 4 is 27.3 Å². The summed E-state index contributed by atoms with van der Waals surface area (Å²) in [6, 6.07) is 6.71. The molecule has 0 atom stereocenters. The van der Waals surface area contributed by atoms with Crippen molar-refractivity contribution in [3.63, 3.8) is 0 Å². The van der Waals surface area contributed by atoms with Crippen molar-refractivity contribution in [3.05, 3.63) is 53.1 Å². The van der Waals surface area contributed by atoms with Crippen molar-refractivity contribution in [1.29, 1.82) is 0 Å². The van der Waals surface area contributed by atoms with Gasteiger partial charge in [0.15, 0.2) is 5.15 Å². The van der Waals surface area contributed by atoms with E-state index in [0.29, 0.717) is 5.56 Å². The summed E-state index contributed by atoms with van der Waals surface area (Å²) < 4.78 is 39.9. The lowest BCUT2D eigenvalue weighted by Crippen LogP contribution is -2.15. The van der Waals surface area contributed by atoms with Crippen LogP contribution in [0.3, 0.4) is 0 Å². The molecule has 2 rings (SSSR count). The number of halogens is 2. The van der Waals surface area contributed by atoms with Gasteiger partial charge in [-0.05, 0) is 30.7 Å². The zero-order chi connectivity index (χ0) is 14.0. The molecule has 0 saturated carbocycles. The molecule has 19 heavy (non-hydrogen) atoms. The van der Waals surface area contributed by atoms with Crippen molar-refractivity contribution in [1.82, 2.24) is 4.98 Å². The quantitative estimate of drug-likeness (QED) is 0.887. The summed E-state index contributed by atoms with van der Waals surface area (Å²) >= 11 is 5.83. The van der Waals surface area contributed by atoms with E-state index in [0.717, 1.165) is 6.07 Å². The number of aryl methyl sites for hydroxylation is 1. The van der Waals surface area contributed by atoms with Crippen molar-refractivity contribution in [2.75, 3.05) is 4.72 Å². The lowest BCUT2D eigenvalue weighted by Gasteiger charge is -2.11. The van der Waals surface area contributed by atoms with Crippen LogP contribution in [0, 0.1) is 12.7 Å². The van der Waals surface area contributed by atoms with Crippen LogP contribution in [0.15, 0.2) is 41.4 Å². The molecule has 0 spiro atoms. The van der Waals surface area contributed by atoms with Crippen molar-refractivity contribution in [2.45, 2.75) is 11.8 Å². The third-order valence-corrected chi connectivity index (χ3v) is 4.15. The van der Waals surface area contributed by atoms with Gasteiger partial charge in [0.25, 0.3) is 10.0 Å². The van der Waals surface area contributed by atoms with Crippen LogP contribution in [-0.2, 0) is 10.0 Å². The van der Waals surface area contributed by atoms with E-state index < -0.39 is 20.7 Å². The molecule has 0 aliphatic rings. The summed E-state index contributed by atoms with van der Waals surface area (Å²) in [5.74, 6) is -0.826. The molecule has 0 fully saturated rings. The normalized spacial score (nSPS) is 11.3. The maximum absolute atomic E-state index is 13.5. The molecule has 0 amide bonds. The van der Waals surface area contributed by atoms with Gasteiger partial charge < -0.3 is 0 Å². The Bertz CT molecular complexity index is 699. The van der Waals surface area contributed by atoms with Crippen LogP contribution in [0.5, 0.6) is 0 Å². The van der Waals surface area contributed by atoms with Crippen molar-refractivity contribution in [3.8, 4) is 0 Å². The number of hydrogen-bond donors (Lipinski definition) is 1. The first-order valence-corrected chi connectivity index (χ1v) is 7.16. The number of sulfonamides is 1. The average molecular weight is 301 g/mol. The zero-order valence-corrected chi connectivity index (χ0v) is 11.5. The van der Waals surface area contributed by atoms with E-state index in [2.05, 4.69) is 9.71 Å².